The first-order chi connectivity index (χ1) is 3.68. The summed E-state index contributed by atoms with van der Waals surface area (Å²) in [5.41, 5.74) is 0. The van der Waals surface area contributed by atoms with Crippen LogP contribution in [-0.4, -0.2) is 11.2 Å². The van der Waals surface area contributed by atoms with Crippen molar-refractivity contribution in [1.82, 2.24) is 0 Å². The Balaban J connectivity index is 3.46. The molecule has 0 fully saturated rings. The molecule has 0 aromatic carbocycles. The summed E-state index contributed by atoms with van der Waals surface area (Å²) in [6, 6.07) is 0. The standard InChI is InChI=1S/C4H6FNO2/c1-2-3-4(5)6(7)8/h2,4H,1,3H2. The number of nitro groups is 1. The van der Waals surface area contributed by atoms with E-state index in [0.717, 1.165) is 0 Å². The quantitative estimate of drug-likeness (QED) is 0.242. The van der Waals surface area contributed by atoms with Crippen molar-refractivity contribution in [2.45, 2.75) is 12.7 Å². The summed E-state index contributed by atoms with van der Waals surface area (Å²) < 4.78 is 11.8. The maximum absolute atomic E-state index is 11.8. The molecule has 0 heterocycles. The van der Waals surface area contributed by atoms with Crippen molar-refractivity contribution in [3.8, 4) is 0 Å². The summed E-state index contributed by atoms with van der Waals surface area (Å²) in [6.07, 6.45) is -1.02. The predicted molar refractivity (Wildman–Crippen MR) is 26.7 cm³/mol. The van der Waals surface area contributed by atoms with Gasteiger partial charge in [-0.2, -0.15) is 4.39 Å². The fraction of sp³-hybridized carbons (Fsp3) is 0.500. The second-order valence-corrected chi connectivity index (χ2v) is 1.24. The van der Waals surface area contributed by atoms with E-state index < -0.39 is 11.2 Å². The lowest BCUT2D eigenvalue weighted by Gasteiger charge is -1.91. The normalized spacial score (nSPS) is 12.6. The Bertz CT molecular complexity index is 104. The van der Waals surface area contributed by atoms with Crippen LogP contribution in [-0.2, 0) is 0 Å². The van der Waals surface area contributed by atoms with Crippen LogP contribution in [0.15, 0.2) is 12.7 Å². The molecule has 46 valence electrons. The lowest BCUT2D eigenvalue weighted by atomic mass is 10.4. The van der Waals surface area contributed by atoms with E-state index in [1.165, 1.54) is 6.08 Å². The van der Waals surface area contributed by atoms with E-state index in [9.17, 15) is 14.5 Å². The molecule has 0 aromatic rings. The van der Waals surface area contributed by atoms with E-state index in [1.54, 1.807) is 0 Å². The van der Waals surface area contributed by atoms with Gasteiger partial charge in [-0.25, -0.2) is 0 Å². The predicted octanol–water partition coefficient (Wildman–Crippen LogP) is 1.13. The summed E-state index contributed by atoms with van der Waals surface area (Å²) in [6.45, 7) is 3.14. The van der Waals surface area contributed by atoms with E-state index in [1.807, 2.05) is 0 Å². The molecular weight excluding hydrogens is 113 g/mol. The van der Waals surface area contributed by atoms with E-state index in [4.69, 9.17) is 0 Å². The lowest BCUT2D eigenvalue weighted by Crippen LogP contribution is -2.11. The van der Waals surface area contributed by atoms with Gasteiger partial charge in [-0.1, -0.05) is 6.08 Å². The Labute approximate surface area is 46.0 Å². The van der Waals surface area contributed by atoms with Gasteiger partial charge in [0.05, 0.1) is 11.3 Å². The summed E-state index contributed by atoms with van der Waals surface area (Å²) in [4.78, 5) is 8.49. The van der Waals surface area contributed by atoms with Crippen molar-refractivity contribution < 1.29 is 9.31 Å². The monoisotopic (exact) mass is 119 g/mol. The van der Waals surface area contributed by atoms with Crippen LogP contribution in [0.1, 0.15) is 6.42 Å². The molecule has 0 saturated heterocycles. The summed E-state index contributed by atoms with van der Waals surface area (Å²) in [5, 5.41) is 9.47. The molecule has 1 unspecified atom stereocenters. The van der Waals surface area contributed by atoms with Crippen LogP contribution in [0.2, 0.25) is 0 Å². The van der Waals surface area contributed by atoms with Gasteiger partial charge in [0.2, 0.25) is 0 Å². The number of nitrogens with zero attached hydrogens (tertiary/aromatic N) is 1. The van der Waals surface area contributed by atoms with Crippen LogP contribution in [0, 0.1) is 10.1 Å². The zero-order chi connectivity index (χ0) is 6.57. The molecule has 0 rings (SSSR count). The molecule has 0 amide bonds. The van der Waals surface area contributed by atoms with Gasteiger partial charge in [-0.3, -0.25) is 10.1 Å². The van der Waals surface area contributed by atoms with Crippen LogP contribution < -0.4 is 0 Å². The third-order valence-electron chi connectivity index (χ3n) is 0.590. The van der Waals surface area contributed by atoms with Gasteiger partial charge < -0.3 is 0 Å². The van der Waals surface area contributed by atoms with Gasteiger partial charge in [0.15, 0.2) is 0 Å². The van der Waals surface area contributed by atoms with Gasteiger partial charge in [0, 0.05) is 0 Å². The third-order valence-corrected chi connectivity index (χ3v) is 0.590. The number of alkyl halides is 1. The molecule has 0 aliphatic carbocycles. The fourth-order valence-electron chi connectivity index (χ4n) is 0.224. The topological polar surface area (TPSA) is 43.1 Å². The number of halogens is 1. The molecule has 0 aliphatic heterocycles. The average molecular weight is 119 g/mol. The molecule has 1 atom stereocenters. The smallest absolute Gasteiger partial charge is 0.262 e. The highest BCUT2D eigenvalue weighted by atomic mass is 19.1. The zero-order valence-electron chi connectivity index (χ0n) is 4.21. The van der Waals surface area contributed by atoms with E-state index >= 15 is 0 Å². The molecule has 4 heteroatoms. The molecule has 0 aromatic heterocycles. The van der Waals surface area contributed by atoms with Crippen LogP contribution in [0.4, 0.5) is 4.39 Å². The van der Waals surface area contributed by atoms with Crippen molar-refractivity contribution in [3.05, 3.63) is 22.8 Å². The maximum atomic E-state index is 11.8. The zero-order valence-corrected chi connectivity index (χ0v) is 4.21. The lowest BCUT2D eigenvalue weighted by molar-refractivity contribution is -0.552. The minimum atomic E-state index is -1.98. The van der Waals surface area contributed by atoms with Crippen molar-refractivity contribution in [1.29, 1.82) is 0 Å². The number of hydrogen-bond acceptors (Lipinski definition) is 2. The molecule has 0 bridgehead atoms. The molecule has 8 heavy (non-hydrogen) atoms. The summed E-state index contributed by atoms with van der Waals surface area (Å²) in [7, 11) is 0. The Morgan fingerprint density at radius 1 is 2.00 bits per heavy atom. The van der Waals surface area contributed by atoms with Gasteiger partial charge in [0.25, 0.3) is 0 Å². The Morgan fingerprint density at radius 3 is 2.62 bits per heavy atom. The Hall–Kier alpha value is -0.930. The SMILES string of the molecule is C=CCC(F)[N+](=O)[O-]. The summed E-state index contributed by atoms with van der Waals surface area (Å²) in [5.74, 6) is 0. The molecule has 0 saturated carbocycles. The second kappa shape index (κ2) is 3.12. The van der Waals surface area contributed by atoms with Crippen LogP contribution in [0.3, 0.4) is 0 Å². The Kier molecular flexibility index (Phi) is 2.76. The highest BCUT2D eigenvalue weighted by molar-refractivity contribution is 4.66. The van der Waals surface area contributed by atoms with Crippen molar-refractivity contribution in [2.75, 3.05) is 0 Å². The second-order valence-electron chi connectivity index (χ2n) is 1.24. The molecule has 3 nitrogen and oxygen atoms in total. The first-order valence-corrected chi connectivity index (χ1v) is 2.07. The minimum Gasteiger partial charge on any atom is -0.262 e. The van der Waals surface area contributed by atoms with Crippen molar-refractivity contribution in [2.24, 2.45) is 0 Å². The molecule has 0 radical (unpaired) electrons. The first kappa shape index (κ1) is 7.07. The molecular formula is C4H6FNO2. The van der Waals surface area contributed by atoms with Gasteiger partial charge in [-0.05, 0) is 0 Å². The Morgan fingerprint density at radius 2 is 2.50 bits per heavy atom. The largest absolute Gasteiger partial charge is 0.353 e. The summed E-state index contributed by atoms with van der Waals surface area (Å²) >= 11 is 0. The fourth-order valence-corrected chi connectivity index (χ4v) is 0.224. The first-order valence-electron chi connectivity index (χ1n) is 2.07. The maximum Gasteiger partial charge on any atom is 0.353 e. The average Bonchev–Trinajstić information content (AvgIpc) is 1.67. The van der Waals surface area contributed by atoms with Gasteiger partial charge in [-0.15, -0.1) is 6.58 Å². The van der Waals surface area contributed by atoms with Crippen LogP contribution in [0.25, 0.3) is 0 Å². The van der Waals surface area contributed by atoms with Crippen LogP contribution in [0.5, 0.6) is 0 Å². The highest BCUT2D eigenvalue weighted by Crippen LogP contribution is 1.96. The van der Waals surface area contributed by atoms with Crippen molar-refractivity contribution >= 4 is 0 Å². The van der Waals surface area contributed by atoms with E-state index in [2.05, 4.69) is 6.58 Å². The number of hydrogen-bond donors (Lipinski definition) is 0. The minimum absolute atomic E-state index is 0.215. The third kappa shape index (κ3) is 2.28. The highest BCUT2D eigenvalue weighted by Gasteiger charge is 2.13. The van der Waals surface area contributed by atoms with Gasteiger partial charge in [0.1, 0.15) is 0 Å². The van der Waals surface area contributed by atoms with E-state index in [0.29, 0.717) is 0 Å². The van der Waals surface area contributed by atoms with E-state index in [-0.39, 0.29) is 6.42 Å². The number of rotatable bonds is 3. The van der Waals surface area contributed by atoms with Gasteiger partial charge >= 0.3 is 6.30 Å². The molecule has 0 spiro atoms. The molecule has 0 aliphatic rings. The van der Waals surface area contributed by atoms with Crippen molar-refractivity contribution in [3.63, 3.8) is 0 Å². The van der Waals surface area contributed by atoms with Crippen LogP contribution >= 0.6 is 0 Å². The molecule has 0 N–H and O–H groups in total.